The molecule has 0 atom stereocenters. The van der Waals surface area contributed by atoms with Crippen LogP contribution in [0.2, 0.25) is 0 Å². The van der Waals surface area contributed by atoms with Crippen LogP contribution in [-0.4, -0.2) is 0 Å². The summed E-state index contributed by atoms with van der Waals surface area (Å²) in [5, 5.41) is 0. The van der Waals surface area contributed by atoms with Gasteiger partial charge in [0.25, 0.3) is 0 Å². The molecule has 2 heteroatoms. The molecule has 4 aromatic carbocycles. The number of hydrogen-bond acceptors (Lipinski definition) is 0. The molecular formula is C24H16Br2. The van der Waals surface area contributed by atoms with Crippen molar-refractivity contribution in [2.45, 2.75) is 0 Å². The van der Waals surface area contributed by atoms with E-state index in [-0.39, 0.29) is 0 Å². The summed E-state index contributed by atoms with van der Waals surface area (Å²) >= 11 is 7.05. The molecule has 0 aliphatic rings. The second-order valence-electron chi connectivity index (χ2n) is 6.10. The zero-order valence-corrected chi connectivity index (χ0v) is 17.2. The molecule has 4 aromatic rings. The summed E-state index contributed by atoms with van der Waals surface area (Å²) in [6.07, 6.45) is 0. The van der Waals surface area contributed by atoms with Gasteiger partial charge in [-0.15, -0.1) is 0 Å². The van der Waals surface area contributed by atoms with Crippen molar-refractivity contribution in [3.05, 3.63) is 106 Å². The molecule has 0 N–H and O–H groups in total. The third-order valence-corrected chi connectivity index (χ3v) is 5.51. The van der Waals surface area contributed by atoms with Crippen LogP contribution in [-0.2, 0) is 0 Å². The molecule has 0 aliphatic heterocycles. The molecule has 0 saturated carbocycles. The van der Waals surface area contributed by atoms with Crippen LogP contribution in [0.5, 0.6) is 0 Å². The van der Waals surface area contributed by atoms with E-state index in [9.17, 15) is 0 Å². The summed E-state index contributed by atoms with van der Waals surface area (Å²) in [5.74, 6) is 0. The topological polar surface area (TPSA) is 0 Å². The van der Waals surface area contributed by atoms with Gasteiger partial charge in [-0.1, -0.05) is 105 Å². The molecule has 26 heavy (non-hydrogen) atoms. The first-order valence-corrected chi connectivity index (χ1v) is 10.0. The van der Waals surface area contributed by atoms with Crippen LogP contribution in [0, 0.1) is 0 Å². The Labute approximate surface area is 170 Å². The van der Waals surface area contributed by atoms with E-state index >= 15 is 0 Å². The van der Waals surface area contributed by atoms with E-state index in [0.29, 0.717) is 0 Å². The van der Waals surface area contributed by atoms with E-state index in [4.69, 9.17) is 0 Å². The second-order valence-corrected chi connectivity index (χ2v) is 7.94. The number of rotatable bonds is 3. The summed E-state index contributed by atoms with van der Waals surface area (Å²) in [6, 6.07) is 34.2. The number of hydrogen-bond donors (Lipinski definition) is 0. The average Bonchev–Trinajstić information content (AvgIpc) is 2.69. The van der Waals surface area contributed by atoms with Crippen molar-refractivity contribution in [3.8, 4) is 33.4 Å². The van der Waals surface area contributed by atoms with Gasteiger partial charge in [0, 0.05) is 8.95 Å². The monoisotopic (exact) mass is 462 g/mol. The molecule has 0 amide bonds. The maximum absolute atomic E-state index is 3.53. The molecule has 0 nitrogen and oxygen atoms in total. The maximum atomic E-state index is 3.53. The normalized spacial score (nSPS) is 10.7. The summed E-state index contributed by atoms with van der Waals surface area (Å²) in [7, 11) is 0. The molecule has 0 fully saturated rings. The third-order valence-electron chi connectivity index (χ3n) is 4.45. The fourth-order valence-corrected chi connectivity index (χ4v) is 3.73. The quantitative estimate of drug-likeness (QED) is 0.287. The molecule has 0 saturated heterocycles. The third kappa shape index (κ3) is 3.53. The van der Waals surface area contributed by atoms with Crippen molar-refractivity contribution in [2.24, 2.45) is 0 Å². The van der Waals surface area contributed by atoms with Gasteiger partial charge >= 0.3 is 0 Å². The highest BCUT2D eigenvalue weighted by molar-refractivity contribution is 9.10. The lowest BCUT2D eigenvalue weighted by atomic mass is 9.89. The zero-order valence-electron chi connectivity index (χ0n) is 14.0. The van der Waals surface area contributed by atoms with Gasteiger partial charge in [-0.2, -0.15) is 0 Å². The molecule has 0 unspecified atom stereocenters. The smallest absolute Gasteiger partial charge is 0.0175 e. The van der Waals surface area contributed by atoms with E-state index in [2.05, 4.69) is 129 Å². The van der Waals surface area contributed by atoms with Gasteiger partial charge in [-0.25, -0.2) is 0 Å². The first kappa shape index (κ1) is 17.3. The van der Waals surface area contributed by atoms with Gasteiger partial charge < -0.3 is 0 Å². The predicted molar refractivity (Wildman–Crippen MR) is 118 cm³/mol. The summed E-state index contributed by atoms with van der Waals surface area (Å²) in [6.45, 7) is 0. The molecule has 0 bridgehead atoms. The van der Waals surface area contributed by atoms with Gasteiger partial charge in [-0.05, 0) is 57.6 Å². The molecule has 126 valence electrons. The Balaban J connectivity index is 1.90. The fraction of sp³-hybridized carbons (Fsp3) is 0. The number of halogens is 2. The first-order chi connectivity index (χ1) is 12.7. The largest absolute Gasteiger partial charge is 0.0616 e. The van der Waals surface area contributed by atoms with E-state index in [0.717, 1.165) is 8.95 Å². The van der Waals surface area contributed by atoms with Crippen LogP contribution in [0.15, 0.2) is 106 Å². The first-order valence-electron chi connectivity index (χ1n) is 8.43. The lowest BCUT2D eigenvalue weighted by Gasteiger charge is -2.15. The molecular weight excluding hydrogens is 448 g/mol. The van der Waals surface area contributed by atoms with Crippen molar-refractivity contribution >= 4 is 31.9 Å². The van der Waals surface area contributed by atoms with Crippen LogP contribution in [0.3, 0.4) is 0 Å². The lowest BCUT2D eigenvalue weighted by molar-refractivity contribution is 1.55. The highest BCUT2D eigenvalue weighted by atomic mass is 79.9. The van der Waals surface area contributed by atoms with Crippen molar-refractivity contribution in [2.75, 3.05) is 0 Å². The van der Waals surface area contributed by atoms with E-state index in [1.165, 1.54) is 33.4 Å². The minimum absolute atomic E-state index is 1.09. The Bertz CT molecular complexity index is 945. The minimum atomic E-state index is 1.09. The van der Waals surface area contributed by atoms with Gasteiger partial charge in [0.05, 0.1) is 0 Å². The van der Waals surface area contributed by atoms with Gasteiger partial charge in [0.1, 0.15) is 0 Å². The summed E-state index contributed by atoms with van der Waals surface area (Å²) in [5.41, 5.74) is 7.40. The van der Waals surface area contributed by atoms with Crippen LogP contribution in [0.25, 0.3) is 33.4 Å². The van der Waals surface area contributed by atoms with E-state index < -0.39 is 0 Å². The molecule has 0 spiro atoms. The second kappa shape index (κ2) is 7.61. The molecule has 4 rings (SSSR count). The Morgan fingerprint density at radius 2 is 0.654 bits per heavy atom. The molecule has 0 aromatic heterocycles. The van der Waals surface area contributed by atoms with Crippen LogP contribution in [0.4, 0.5) is 0 Å². The highest BCUT2D eigenvalue weighted by Crippen LogP contribution is 2.38. The Morgan fingerprint density at radius 1 is 0.346 bits per heavy atom. The Hall–Kier alpha value is -2.16. The predicted octanol–water partition coefficient (Wildman–Crippen LogP) is 8.21. The fourth-order valence-electron chi connectivity index (χ4n) is 3.20. The van der Waals surface area contributed by atoms with E-state index in [1.807, 2.05) is 0 Å². The maximum Gasteiger partial charge on any atom is 0.0175 e. The average molecular weight is 464 g/mol. The van der Waals surface area contributed by atoms with Gasteiger partial charge in [-0.3, -0.25) is 0 Å². The van der Waals surface area contributed by atoms with Crippen LogP contribution >= 0.6 is 31.9 Å². The van der Waals surface area contributed by atoms with Crippen molar-refractivity contribution in [3.63, 3.8) is 0 Å². The summed E-state index contributed by atoms with van der Waals surface area (Å²) in [4.78, 5) is 0. The number of benzene rings is 4. The zero-order chi connectivity index (χ0) is 17.9. The lowest BCUT2D eigenvalue weighted by Crippen LogP contribution is -1.89. The summed E-state index contributed by atoms with van der Waals surface area (Å²) < 4.78 is 2.18. The standard InChI is InChI=1S/C24H16Br2/c25-19-13-9-17(10-14-19)21-5-1-3-7-23(21)24-8-4-2-6-22(24)18-11-15-20(26)16-12-18/h1-16H. The Morgan fingerprint density at radius 3 is 1.00 bits per heavy atom. The highest BCUT2D eigenvalue weighted by Gasteiger charge is 2.11. The minimum Gasteiger partial charge on any atom is -0.0616 e. The van der Waals surface area contributed by atoms with Crippen molar-refractivity contribution in [1.29, 1.82) is 0 Å². The SMILES string of the molecule is Brc1ccc(-c2ccccc2-c2ccccc2-c2ccc(Br)cc2)cc1. The van der Waals surface area contributed by atoms with Crippen LogP contribution in [0.1, 0.15) is 0 Å². The van der Waals surface area contributed by atoms with Gasteiger partial charge in [0.15, 0.2) is 0 Å². The molecule has 0 radical (unpaired) electrons. The van der Waals surface area contributed by atoms with Crippen LogP contribution < -0.4 is 0 Å². The van der Waals surface area contributed by atoms with Crippen molar-refractivity contribution in [1.82, 2.24) is 0 Å². The molecule has 0 heterocycles. The Kier molecular flexibility index (Phi) is 5.05. The molecule has 0 aliphatic carbocycles. The van der Waals surface area contributed by atoms with Crippen molar-refractivity contribution < 1.29 is 0 Å². The van der Waals surface area contributed by atoms with E-state index in [1.54, 1.807) is 0 Å². The van der Waals surface area contributed by atoms with Gasteiger partial charge in [0.2, 0.25) is 0 Å².